The molecule has 0 bridgehead atoms. The Hall–Kier alpha value is -1.74. The molecular formula is C18H21F2N. The van der Waals surface area contributed by atoms with E-state index in [4.69, 9.17) is 0 Å². The van der Waals surface area contributed by atoms with Gasteiger partial charge in [-0.3, -0.25) is 0 Å². The van der Waals surface area contributed by atoms with Gasteiger partial charge in [0, 0.05) is 12.1 Å². The van der Waals surface area contributed by atoms with Crippen molar-refractivity contribution in [3.8, 4) is 0 Å². The number of nitrogens with one attached hydrogen (secondary N) is 1. The molecule has 2 aromatic carbocycles. The standard InChI is InChI=1S/C18H21F2N/c1-14(2)16-10-8-15(9-11-16)12-21-13-18(19,20)17-6-4-3-5-7-17/h3-11,14,21H,12-13H2,1-2H3. The Morgan fingerprint density at radius 2 is 1.57 bits per heavy atom. The molecule has 2 aromatic rings. The van der Waals surface area contributed by atoms with E-state index in [1.165, 1.54) is 17.7 Å². The molecular weight excluding hydrogens is 268 g/mol. The average molecular weight is 289 g/mol. The van der Waals surface area contributed by atoms with Crippen LogP contribution in [-0.2, 0) is 12.5 Å². The fourth-order valence-corrected chi connectivity index (χ4v) is 2.17. The molecule has 2 rings (SSSR count). The Labute approximate surface area is 125 Å². The lowest BCUT2D eigenvalue weighted by Crippen LogP contribution is -2.30. The normalized spacial score (nSPS) is 11.9. The maximum atomic E-state index is 14.0. The number of hydrogen-bond donors (Lipinski definition) is 1. The summed E-state index contributed by atoms with van der Waals surface area (Å²) in [4.78, 5) is 0. The number of hydrogen-bond acceptors (Lipinski definition) is 1. The quantitative estimate of drug-likeness (QED) is 0.813. The first-order chi connectivity index (χ1) is 9.99. The van der Waals surface area contributed by atoms with Gasteiger partial charge in [-0.05, 0) is 17.0 Å². The van der Waals surface area contributed by atoms with Crippen molar-refractivity contribution in [2.24, 2.45) is 0 Å². The molecule has 112 valence electrons. The van der Waals surface area contributed by atoms with E-state index in [2.05, 4.69) is 31.3 Å². The number of rotatable bonds is 6. The second-order valence-corrected chi connectivity index (χ2v) is 5.57. The van der Waals surface area contributed by atoms with Gasteiger partial charge in [0.2, 0.25) is 0 Å². The molecule has 0 aromatic heterocycles. The Bertz CT molecular complexity index is 547. The van der Waals surface area contributed by atoms with Crippen LogP contribution in [-0.4, -0.2) is 6.54 Å². The van der Waals surface area contributed by atoms with Gasteiger partial charge in [-0.25, -0.2) is 0 Å². The summed E-state index contributed by atoms with van der Waals surface area (Å²) in [7, 11) is 0. The van der Waals surface area contributed by atoms with Crippen molar-refractivity contribution in [1.29, 1.82) is 0 Å². The highest BCUT2D eigenvalue weighted by Crippen LogP contribution is 2.26. The van der Waals surface area contributed by atoms with Crippen molar-refractivity contribution in [2.75, 3.05) is 6.54 Å². The minimum Gasteiger partial charge on any atom is -0.307 e. The van der Waals surface area contributed by atoms with Gasteiger partial charge in [-0.15, -0.1) is 0 Å². The lowest BCUT2D eigenvalue weighted by Gasteiger charge is -2.17. The lowest BCUT2D eigenvalue weighted by molar-refractivity contribution is -0.00343. The molecule has 0 spiro atoms. The predicted octanol–water partition coefficient (Wildman–Crippen LogP) is 4.69. The van der Waals surface area contributed by atoms with E-state index >= 15 is 0 Å². The molecule has 0 atom stereocenters. The molecule has 1 nitrogen and oxygen atoms in total. The molecule has 0 aliphatic heterocycles. The highest BCUT2D eigenvalue weighted by atomic mass is 19.3. The summed E-state index contributed by atoms with van der Waals surface area (Å²) < 4.78 is 27.9. The van der Waals surface area contributed by atoms with Crippen LogP contribution in [0.25, 0.3) is 0 Å². The SMILES string of the molecule is CC(C)c1ccc(CNCC(F)(F)c2ccccc2)cc1. The van der Waals surface area contributed by atoms with Gasteiger partial charge in [0.1, 0.15) is 0 Å². The monoisotopic (exact) mass is 289 g/mol. The van der Waals surface area contributed by atoms with Crippen LogP contribution in [0, 0.1) is 0 Å². The topological polar surface area (TPSA) is 12.0 Å². The van der Waals surface area contributed by atoms with Crippen molar-refractivity contribution in [1.82, 2.24) is 5.32 Å². The zero-order chi connectivity index (χ0) is 15.3. The fraction of sp³-hybridized carbons (Fsp3) is 0.333. The Morgan fingerprint density at radius 3 is 2.14 bits per heavy atom. The number of alkyl halides is 2. The lowest BCUT2D eigenvalue weighted by atomic mass is 10.0. The van der Waals surface area contributed by atoms with E-state index in [1.807, 2.05) is 12.1 Å². The van der Waals surface area contributed by atoms with E-state index in [0.29, 0.717) is 12.5 Å². The third kappa shape index (κ3) is 4.36. The van der Waals surface area contributed by atoms with Crippen molar-refractivity contribution >= 4 is 0 Å². The molecule has 0 unspecified atom stereocenters. The second-order valence-electron chi connectivity index (χ2n) is 5.57. The summed E-state index contributed by atoms with van der Waals surface area (Å²) >= 11 is 0. The molecule has 21 heavy (non-hydrogen) atoms. The van der Waals surface area contributed by atoms with Gasteiger partial charge < -0.3 is 5.32 Å². The summed E-state index contributed by atoms with van der Waals surface area (Å²) in [5.41, 5.74) is 2.32. The molecule has 1 N–H and O–H groups in total. The molecule has 0 radical (unpaired) electrons. The third-order valence-electron chi connectivity index (χ3n) is 3.52. The third-order valence-corrected chi connectivity index (χ3v) is 3.52. The predicted molar refractivity (Wildman–Crippen MR) is 82.6 cm³/mol. The first-order valence-corrected chi connectivity index (χ1v) is 7.22. The number of benzene rings is 2. The maximum Gasteiger partial charge on any atom is 0.285 e. The highest BCUT2D eigenvalue weighted by Gasteiger charge is 2.30. The van der Waals surface area contributed by atoms with E-state index < -0.39 is 5.92 Å². The van der Waals surface area contributed by atoms with Crippen molar-refractivity contribution < 1.29 is 8.78 Å². The van der Waals surface area contributed by atoms with Crippen molar-refractivity contribution in [2.45, 2.75) is 32.2 Å². The van der Waals surface area contributed by atoms with Crippen LogP contribution in [0.15, 0.2) is 54.6 Å². The van der Waals surface area contributed by atoms with Crippen molar-refractivity contribution in [3.63, 3.8) is 0 Å². The summed E-state index contributed by atoms with van der Waals surface area (Å²) in [6.07, 6.45) is 0. The van der Waals surface area contributed by atoms with Gasteiger partial charge in [0.05, 0.1) is 6.54 Å². The highest BCUT2D eigenvalue weighted by molar-refractivity contribution is 5.25. The smallest absolute Gasteiger partial charge is 0.285 e. The average Bonchev–Trinajstić information content (AvgIpc) is 2.48. The Kier molecular flexibility index (Phi) is 5.07. The van der Waals surface area contributed by atoms with E-state index in [-0.39, 0.29) is 12.1 Å². The van der Waals surface area contributed by atoms with Gasteiger partial charge >= 0.3 is 0 Å². The van der Waals surface area contributed by atoms with Gasteiger partial charge in [-0.2, -0.15) is 8.78 Å². The minimum absolute atomic E-state index is 0.0488. The summed E-state index contributed by atoms with van der Waals surface area (Å²) in [5.74, 6) is -2.37. The van der Waals surface area contributed by atoms with Crippen LogP contribution in [0.2, 0.25) is 0 Å². The second kappa shape index (κ2) is 6.81. The summed E-state index contributed by atoms with van der Waals surface area (Å²) in [5, 5.41) is 2.84. The molecule has 0 fully saturated rings. The van der Waals surface area contributed by atoms with E-state index in [1.54, 1.807) is 18.2 Å². The van der Waals surface area contributed by atoms with Crippen LogP contribution < -0.4 is 5.32 Å². The minimum atomic E-state index is -2.85. The van der Waals surface area contributed by atoms with Crippen molar-refractivity contribution in [3.05, 3.63) is 71.3 Å². The van der Waals surface area contributed by atoms with Crippen LogP contribution in [0.4, 0.5) is 8.78 Å². The molecule has 0 amide bonds. The zero-order valence-corrected chi connectivity index (χ0v) is 12.4. The first kappa shape index (κ1) is 15.6. The molecule has 3 heteroatoms. The van der Waals surface area contributed by atoms with Crippen LogP contribution >= 0.6 is 0 Å². The molecule has 0 saturated carbocycles. The van der Waals surface area contributed by atoms with Crippen LogP contribution in [0.5, 0.6) is 0 Å². The molecule has 0 aliphatic carbocycles. The molecule has 0 saturated heterocycles. The first-order valence-electron chi connectivity index (χ1n) is 7.22. The largest absolute Gasteiger partial charge is 0.307 e. The summed E-state index contributed by atoms with van der Waals surface area (Å²) in [6, 6.07) is 16.0. The molecule has 0 aliphatic rings. The van der Waals surface area contributed by atoms with Gasteiger partial charge in [0.25, 0.3) is 5.92 Å². The summed E-state index contributed by atoms with van der Waals surface area (Å²) in [6.45, 7) is 4.35. The molecule has 0 heterocycles. The van der Waals surface area contributed by atoms with Gasteiger partial charge in [-0.1, -0.05) is 68.4 Å². The Morgan fingerprint density at radius 1 is 0.952 bits per heavy atom. The zero-order valence-electron chi connectivity index (χ0n) is 12.4. The van der Waals surface area contributed by atoms with E-state index in [9.17, 15) is 8.78 Å². The number of halogens is 2. The van der Waals surface area contributed by atoms with Crippen LogP contribution in [0.1, 0.15) is 36.5 Å². The Balaban J connectivity index is 1.89. The van der Waals surface area contributed by atoms with E-state index in [0.717, 1.165) is 5.56 Å². The van der Waals surface area contributed by atoms with Gasteiger partial charge in [0.15, 0.2) is 0 Å². The van der Waals surface area contributed by atoms with Crippen LogP contribution in [0.3, 0.4) is 0 Å². The maximum absolute atomic E-state index is 14.0. The fourth-order valence-electron chi connectivity index (χ4n) is 2.17.